The van der Waals surface area contributed by atoms with Gasteiger partial charge in [-0.1, -0.05) is 72.7 Å². The van der Waals surface area contributed by atoms with Gasteiger partial charge in [-0.05, 0) is 49.1 Å². The predicted octanol–water partition coefficient (Wildman–Crippen LogP) is 5.73. The summed E-state index contributed by atoms with van der Waals surface area (Å²) in [5.74, 6) is 0.151. The largest absolute Gasteiger partial charge is 0.295 e. The summed E-state index contributed by atoms with van der Waals surface area (Å²) in [4.78, 5) is 24.2. The van der Waals surface area contributed by atoms with Gasteiger partial charge in [0.05, 0.1) is 0 Å². The predicted molar refractivity (Wildman–Crippen MR) is 109 cm³/mol. The average molecular weight is 346 g/mol. The molecule has 2 aromatic rings. The van der Waals surface area contributed by atoms with Crippen molar-refractivity contribution >= 4 is 23.2 Å². The fourth-order valence-corrected chi connectivity index (χ4v) is 2.75. The van der Waals surface area contributed by atoms with E-state index in [1.165, 1.54) is 5.56 Å². The van der Waals surface area contributed by atoms with Crippen LogP contribution < -0.4 is 0 Å². The van der Waals surface area contributed by atoms with Crippen LogP contribution in [0.2, 0.25) is 0 Å². The van der Waals surface area contributed by atoms with E-state index in [2.05, 4.69) is 6.07 Å². The Kier molecular flexibility index (Phi) is 7.28. The molecule has 0 atom stereocenters. The fourth-order valence-electron chi connectivity index (χ4n) is 2.75. The zero-order valence-corrected chi connectivity index (χ0v) is 15.8. The molecule has 0 aliphatic heterocycles. The van der Waals surface area contributed by atoms with Gasteiger partial charge in [0, 0.05) is 12.8 Å². The van der Waals surface area contributed by atoms with E-state index in [9.17, 15) is 9.59 Å². The van der Waals surface area contributed by atoms with Crippen LogP contribution in [-0.2, 0) is 9.59 Å². The smallest absolute Gasteiger partial charge is 0.156 e. The second-order valence-corrected chi connectivity index (χ2v) is 6.57. The molecule has 0 amide bonds. The van der Waals surface area contributed by atoms with Crippen LogP contribution in [0, 0.1) is 13.8 Å². The van der Waals surface area contributed by atoms with Gasteiger partial charge in [0.15, 0.2) is 11.6 Å². The van der Waals surface area contributed by atoms with Crippen molar-refractivity contribution in [2.45, 2.75) is 40.0 Å². The Balaban J connectivity index is 2.08. The van der Waals surface area contributed by atoms with E-state index < -0.39 is 0 Å². The van der Waals surface area contributed by atoms with Crippen molar-refractivity contribution in [3.63, 3.8) is 0 Å². The van der Waals surface area contributed by atoms with Crippen LogP contribution in [0.15, 0.2) is 60.7 Å². The number of hydrogen-bond donors (Lipinski definition) is 0. The lowest BCUT2D eigenvalue weighted by Crippen LogP contribution is -1.98. The molecule has 2 rings (SSSR count). The van der Waals surface area contributed by atoms with Crippen molar-refractivity contribution in [2.24, 2.45) is 0 Å². The van der Waals surface area contributed by atoms with E-state index in [0.717, 1.165) is 22.3 Å². The highest BCUT2D eigenvalue weighted by atomic mass is 16.1. The first-order chi connectivity index (χ1) is 12.5. The summed E-state index contributed by atoms with van der Waals surface area (Å²) >= 11 is 0. The monoisotopic (exact) mass is 346 g/mol. The maximum Gasteiger partial charge on any atom is 0.156 e. The molecule has 2 heteroatoms. The molecule has 26 heavy (non-hydrogen) atoms. The molecular weight excluding hydrogens is 320 g/mol. The van der Waals surface area contributed by atoms with E-state index >= 15 is 0 Å². The highest BCUT2D eigenvalue weighted by Crippen LogP contribution is 2.22. The molecular formula is C24H26O2. The Morgan fingerprint density at radius 3 is 2.23 bits per heavy atom. The van der Waals surface area contributed by atoms with Crippen LogP contribution in [0.5, 0.6) is 0 Å². The van der Waals surface area contributed by atoms with Gasteiger partial charge < -0.3 is 0 Å². The molecule has 0 aliphatic carbocycles. The summed E-state index contributed by atoms with van der Waals surface area (Å²) in [7, 11) is 0. The van der Waals surface area contributed by atoms with Crippen molar-refractivity contribution in [2.75, 3.05) is 0 Å². The van der Waals surface area contributed by atoms with Gasteiger partial charge in [-0.25, -0.2) is 0 Å². The zero-order chi connectivity index (χ0) is 18.9. The minimum Gasteiger partial charge on any atom is -0.295 e. The van der Waals surface area contributed by atoms with Gasteiger partial charge in [-0.2, -0.15) is 0 Å². The minimum absolute atomic E-state index is 0.0639. The van der Waals surface area contributed by atoms with E-state index in [1.807, 2.05) is 69.3 Å². The Bertz CT molecular complexity index is 841. The summed E-state index contributed by atoms with van der Waals surface area (Å²) in [5, 5.41) is 0. The van der Waals surface area contributed by atoms with Gasteiger partial charge in [-0.15, -0.1) is 0 Å². The second-order valence-electron chi connectivity index (χ2n) is 6.57. The maximum atomic E-state index is 12.3. The summed E-state index contributed by atoms with van der Waals surface area (Å²) in [5.41, 5.74) is 5.28. The highest BCUT2D eigenvalue weighted by molar-refractivity contribution is 5.98. The molecule has 0 aromatic heterocycles. The van der Waals surface area contributed by atoms with Gasteiger partial charge >= 0.3 is 0 Å². The number of benzene rings is 2. The third kappa shape index (κ3) is 6.29. The lowest BCUT2D eigenvalue weighted by atomic mass is 9.96. The van der Waals surface area contributed by atoms with Gasteiger partial charge in [0.2, 0.25) is 0 Å². The molecule has 0 saturated heterocycles. The van der Waals surface area contributed by atoms with Crippen molar-refractivity contribution < 1.29 is 9.59 Å². The molecule has 0 fully saturated rings. The Labute approximate surface area is 156 Å². The fraction of sp³-hybridized carbons (Fsp3) is 0.250. The number of aryl methyl sites for hydroxylation is 2. The first kappa shape index (κ1) is 19.6. The van der Waals surface area contributed by atoms with E-state index in [4.69, 9.17) is 0 Å². The summed E-state index contributed by atoms with van der Waals surface area (Å²) in [6, 6.07) is 16.1. The molecule has 0 radical (unpaired) electrons. The molecule has 0 unspecified atom stereocenters. The quantitative estimate of drug-likeness (QED) is 0.572. The third-order valence-corrected chi connectivity index (χ3v) is 4.22. The summed E-state index contributed by atoms with van der Waals surface area (Å²) in [6.45, 7) is 5.91. The average Bonchev–Trinajstić information content (AvgIpc) is 2.63. The molecule has 0 bridgehead atoms. The SMILES string of the molecule is CCC(=O)C=C(CCC(=O)C=Cc1cccc(C)c1)c1cccc(C)c1. The van der Waals surface area contributed by atoms with E-state index in [1.54, 1.807) is 12.2 Å². The molecule has 2 nitrogen and oxygen atoms in total. The van der Waals surface area contributed by atoms with Crippen LogP contribution in [0.1, 0.15) is 48.4 Å². The van der Waals surface area contributed by atoms with E-state index in [-0.39, 0.29) is 11.6 Å². The summed E-state index contributed by atoms with van der Waals surface area (Å²) in [6.07, 6.45) is 6.58. The lowest BCUT2D eigenvalue weighted by Gasteiger charge is -2.08. The second kappa shape index (κ2) is 9.67. The topological polar surface area (TPSA) is 34.1 Å². The highest BCUT2D eigenvalue weighted by Gasteiger charge is 2.07. The van der Waals surface area contributed by atoms with Gasteiger partial charge in [0.1, 0.15) is 0 Å². The Morgan fingerprint density at radius 1 is 0.885 bits per heavy atom. The summed E-state index contributed by atoms with van der Waals surface area (Å²) < 4.78 is 0. The van der Waals surface area contributed by atoms with Gasteiger partial charge in [0.25, 0.3) is 0 Å². The maximum absolute atomic E-state index is 12.3. The number of rotatable bonds is 8. The minimum atomic E-state index is 0.0639. The van der Waals surface area contributed by atoms with E-state index in [0.29, 0.717) is 19.3 Å². The molecule has 0 N–H and O–H groups in total. The first-order valence-electron chi connectivity index (χ1n) is 9.06. The lowest BCUT2D eigenvalue weighted by molar-refractivity contribution is -0.115. The number of hydrogen-bond acceptors (Lipinski definition) is 2. The van der Waals surface area contributed by atoms with Crippen LogP contribution in [0.25, 0.3) is 11.6 Å². The van der Waals surface area contributed by atoms with Crippen LogP contribution in [0.4, 0.5) is 0 Å². The number of carbonyl (C=O) groups excluding carboxylic acids is 2. The van der Waals surface area contributed by atoms with Crippen molar-refractivity contribution in [1.82, 2.24) is 0 Å². The van der Waals surface area contributed by atoms with Crippen LogP contribution >= 0.6 is 0 Å². The zero-order valence-electron chi connectivity index (χ0n) is 15.8. The van der Waals surface area contributed by atoms with Crippen molar-refractivity contribution in [3.8, 4) is 0 Å². The third-order valence-electron chi connectivity index (χ3n) is 4.22. The molecule has 0 aliphatic rings. The normalized spacial score (nSPS) is 11.7. The standard InChI is InChI=1S/C24H26O2/c1-4-23(25)17-22(21-10-6-8-19(3)16-21)12-14-24(26)13-11-20-9-5-7-18(2)15-20/h5-11,13,15-17H,4,12,14H2,1-3H3. The van der Waals surface area contributed by atoms with Gasteiger partial charge in [-0.3, -0.25) is 9.59 Å². The van der Waals surface area contributed by atoms with Crippen molar-refractivity contribution in [3.05, 3.63) is 82.9 Å². The molecule has 134 valence electrons. The van der Waals surface area contributed by atoms with Crippen LogP contribution in [0.3, 0.4) is 0 Å². The Hall–Kier alpha value is -2.74. The first-order valence-corrected chi connectivity index (χ1v) is 9.06. The molecule has 0 saturated carbocycles. The number of allylic oxidation sites excluding steroid dienone is 3. The molecule has 2 aromatic carbocycles. The van der Waals surface area contributed by atoms with Crippen LogP contribution in [-0.4, -0.2) is 11.6 Å². The van der Waals surface area contributed by atoms with Crippen molar-refractivity contribution in [1.29, 1.82) is 0 Å². The number of ketones is 2. The Morgan fingerprint density at radius 2 is 1.58 bits per heavy atom. The number of carbonyl (C=O) groups is 2. The molecule has 0 heterocycles. The molecule has 0 spiro atoms.